The Balaban J connectivity index is 1.82. The van der Waals surface area contributed by atoms with Crippen LogP contribution >= 0.6 is 0 Å². The number of nitrogens with zero attached hydrogens (tertiary/aromatic N) is 4. The van der Waals surface area contributed by atoms with Crippen LogP contribution in [-0.2, 0) is 0 Å². The highest BCUT2D eigenvalue weighted by Gasteiger charge is 2.18. The van der Waals surface area contributed by atoms with E-state index in [0.717, 1.165) is 33.7 Å². The van der Waals surface area contributed by atoms with E-state index in [2.05, 4.69) is 39.8 Å². The molecule has 146 valence electrons. The fourth-order valence-electron chi connectivity index (χ4n) is 3.20. The van der Waals surface area contributed by atoms with Crippen LogP contribution in [0.25, 0.3) is 28.2 Å². The van der Waals surface area contributed by atoms with Gasteiger partial charge in [0.2, 0.25) is 0 Å². The summed E-state index contributed by atoms with van der Waals surface area (Å²) in [6, 6.07) is 15.5. The first-order valence-electron chi connectivity index (χ1n) is 9.46. The average molecular weight is 386 g/mol. The van der Waals surface area contributed by atoms with Crippen molar-refractivity contribution in [3.05, 3.63) is 66.5 Å². The van der Waals surface area contributed by atoms with Crippen LogP contribution in [0.15, 0.2) is 60.9 Å². The van der Waals surface area contributed by atoms with Crippen LogP contribution in [0, 0.1) is 6.92 Å². The number of hydrogen-bond donors (Lipinski definition) is 2. The molecule has 1 aromatic carbocycles. The number of benzene rings is 1. The number of aryl methyl sites for hydroxylation is 1. The zero-order chi connectivity index (χ0) is 20.4. The molecule has 0 aliphatic heterocycles. The molecule has 0 aliphatic carbocycles. The molecule has 0 bridgehead atoms. The number of rotatable bonds is 4. The van der Waals surface area contributed by atoms with Crippen LogP contribution in [0.5, 0.6) is 0 Å². The van der Waals surface area contributed by atoms with Crippen molar-refractivity contribution in [1.82, 2.24) is 24.9 Å². The van der Waals surface area contributed by atoms with E-state index < -0.39 is 0 Å². The number of pyridine rings is 1. The van der Waals surface area contributed by atoms with E-state index in [0.29, 0.717) is 5.82 Å². The lowest BCUT2D eigenvalue weighted by Crippen LogP contribution is -2.34. The molecular formula is C22H22N6O. The first-order chi connectivity index (χ1) is 14.0. The average Bonchev–Trinajstić information content (AvgIpc) is 3.07. The maximum Gasteiger partial charge on any atom is 0.320 e. The Morgan fingerprint density at radius 1 is 1.03 bits per heavy atom. The molecule has 3 heterocycles. The smallest absolute Gasteiger partial charge is 0.320 e. The molecule has 0 radical (unpaired) electrons. The summed E-state index contributed by atoms with van der Waals surface area (Å²) in [5.74, 6) is 0.460. The number of carbonyl (C=O) groups excluding carboxylic acids is 1. The molecule has 2 amide bonds. The molecule has 4 rings (SSSR count). The molecule has 4 aromatic rings. The van der Waals surface area contributed by atoms with Crippen LogP contribution in [-0.4, -0.2) is 31.7 Å². The number of aromatic nitrogens is 4. The van der Waals surface area contributed by atoms with E-state index in [1.807, 2.05) is 54.8 Å². The van der Waals surface area contributed by atoms with Crippen LogP contribution in [0.2, 0.25) is 0 Å². The normalized spacial score (nSPS) is 11.0. The first-order valence-corrected chi connectivity index (χ1v) is 9.46. The number of nitrogens with one attached hydrogen (secondary N) is 2. The third-order valence-corrected chi connectivity index (χ3v) is 4.38. The van der Waals surface area contributed by atoms with E-state index >= 15 is 0 Å². The largest absolute Gasteiger partial charge is 0.336 e. The lowest BCUT2D eigenvalue weighted by molar-refractivity contribution is 0.250. The van der Waals surface area contributed by atoms with Crippen LogP contribution in [0.4, 0.5) is 10.6 Å². The zero-order valence-corrected chi connectivity index (χ0v) is 16.5. The second-order valence-electron chi connectivity index (χ2n) is 7.16. The van der Waals surface area contributed by atoms with Gasteiger partial charge in [0.1, 0.15) is 11.5 Å². The number of carbonyl (C=O) groups is 1. The van der Waals surface area contributed by atoms with E-state index in [9.17, 15) is 4.79 Å². The Bertz CT molecular complexity index is 1180. The Kier molecular flexibility index (Phi) is 4.95. The molecular weight excluding hydrogens is 364 g/mol. The van der Waals surface area contributed by atoms with Crippen LogP contribution in [0.3, 0.4) is 0 Å². The molecule has 3 aromatic heterocycles. The maximum atomic E-state index is 12.1. The lowest BCUT2D eigenvalue weighted by atomic mass is 10.0. The fourth-order valence-corrected chi connectivity index (χ4v) is 3.20. The Labute approximate surface area is 168 Å². The predicted octanol–water partition coefficient (Wildman–Crippen LogP) is 4.30. The minimum atomic E-state index is -0.292. The van der Waals surface area contributed by atoms with Gasteiger partial charge in [-0.15, -0.1) is 0 Å². The molecule has 7 heteroatoms. The van der Waals surface area contributed by atoms with E-state index in [4.69, 9.17) is 4.98 Å². The SMILES string of the molecule is Cc1cccc(-c2nc3cccnn3c2-c2ccnc(NC(=O)NC(C)C)c2)c1. The molecule has 0 unspecified atom stereocenters. The van der Waals surface area contributed by atoms with Crippen molar-refractivity contribution in [2.24, 2.45) is 0 Å². The summed E-state index contributed by atoms with van der Waals surface area (Å²) in [7, 11) is 0. The monoisotopic (exact) mass is 386 g/mol. The number of urea groups is 1. The van der Waals surface area contributed by atoms with Crippen molar-refractivity contribution in [3.63, 3.8) is 0 Å². The minimum absolute atomic E-state index is 0.0362. The first kappa shape index (κ1) is 18.6. The number of fused-ring (bicyclic) bond motifs is 1. The highest BCUT2D eigenvalue weighted by atomic mass is 16.2. The summed E-state index contributed by atoms with van der Waals surface area (Å²) in [6.07, 6.45) is 3.40. The van der Waals surface area contributed by atoms with E-state index in [1.165, 1.54) is 0 Å². The second-order valence-corrected chi connectivity index (χ2v) is 7.16. The molecule has 0 fully saturated rings. The van der Waals surface area contributed by atoms with Crippen molar-refractivity contribution < 1.29 is 4.79 Å². The number of amides is 2. The molecule has 0 spiro atoms. The van der Waals surface area contributed by atoms with Gasteiger partial charge >= 0.3 is 6.03 Å². The standard InChI is InChI=1S/C22H22N6O/c1-14(2)25-22(29)26-18-13-17(9-11-23-18)21-20(16-7-4-6-15(3)12-16)27-19-8-5-10-24-28(19)21/h4-14H,1-3H3,(H2,23,25,26,29). The van der Waals surface area contributed by atoms with Crippen LogP contribution < -0.4 is 10.6 Å². The van der Waals surface area contributed by atoms with E-state index in [-0.39, 0.29) is 12.1 Å². The molecule has 2 N–H and O–H groups in total. The molecule has 0 atom stereocenters. The van der Waals surface area contributed by atoms with Gasteiger partial charge in [-0.05, 0) is 51.1 Å². The Morgan fingerprint density at radius 2 is 1.90 bits per heavy atom. The number of imidazole rings is 1. The summed E-state index contributed by atoms with van der Waals surface area (Å²) in [4.78, 5) is 21.1. The molecule has 0 saturated heterocycles. The van der Waals surface area contributed by atoms with Gasteiger partial charge in [-0.3, -0.25) is 5.32 Å². The summed E-state index contributed by atoms with van der Waals surface area (Å²) in [6.45, 7) is 5.86. The number of anilines is 1. The van der Waals surface area contributed by atoms with Gasteiger partial charge in [0.15, 0.2) is 5.65 Å². The highest BCUT2D eigenvalue weighted by Crippen LogP contribution is 2.33. The summed E-state index contributed by atoms with van der Waals surface area (Å²) >= 11 is 0. The highest BCUT2D eigenvalue weighted by molar-refractivity contribution is 5.90. The molecule has 0 aliphatic rings. The minimum Gasteiger partial charge on any atom is -0.336 e. The Hall–Kier alpha value is -3.74. The van der Waals surface area contributed by atoms with Crippen molar-refractivity contribution in [1.29, 1.82) is 0 Å². The number of hydrogen-bond acceptors (Lipinski definition) is 4. The van der Waals surface area contributed by atoms with Crippen LogP contribution in [0.1, 0.15) is 19.4 Å². The zero-order valence-electron chi connectivity index (χ0n) is 16.5. The van der Waals surface area contributed by atoms with Gasteiger partial charge in [0.05, 0.1) is 5.69 Å². The maximum absolute atomic E-state index is 12.1. The molecule has 29 heavy (non-hydrogen) atoms. The van der Waals surface area contributed by atoms with Gasteiger partial charge in [0, 0.05) is 29.6 Å². The third kappa shape index (κ3) is 3.94. The topological polar surface area (TPSA) is 84.2 Å². The third-order valence-electron chi connectivity index (χ3n) is 4.38. The van der Waals surface area contributed by atoms with Crippen molar-refractivity contribution in [2.75, 3.05) is 5.32 Å². The van der Waals surface area contributed by atoms with Gasteiger partial charge in [-0.1, -0.05) is 23.8 Å². The fraction of sp³-hybridized carbons (Fsp3) is 0.182. The summed E-state index contributed by atoms with van der Waals surface area (Å²) < 4.78 is 1.81. The van der Waals surface area contributed by atoms with Gasteiger partial charge < -0.3 is 5.32 Å². The van der Waals surface area contributed by atoms with Gasteiger partial charge in [0.25, 0.3) is 0 Å². The summed E-state index contributed by atoms with van der Waals surface area (Å²) in [5.41, 5.74) is 5.46. The van der Waals surface area contributed by atoms with Crippen molar-refractivity contribution in [2.45, 2.75) is 26.8 Å². The summed E-state index contributed by atoms with van der Waals surface area (Å²) in [5, 5.41) is 10.1. The quantitative estimate of drug-likeness (QED) is 0.548. The molecule has 7 nitrogen and oxygen atoms in total. The molecule has 0 saturated carbocycles. The van der Waals surface area contributed by atoms with Crippen molar-refractivity contribution in [3.8, 4) is 22.5 Å². The van der Waals surface area contributed by atoms with Gasteiger partial charge in [-0.25, -0.2) is 19.3 Å². The Morgan fingerprint density at radius 3 is 2.69 bits per heavy atom. The second kappa shape index (κ2) is 7.71. The van der Waals surface area contributed by atoms with E-state index in [1.54, 1.807) is 12.4 Å². The predicted molar refractivity (Wildman–Crippen MR) is 114 cm³/mol. The van der Waals surface area contributed by atoms with Gasteiger partial charge in [-0.2, -0.15) is 5.10 Å². The van der Waals surface area contributed by atoms with Crippen molar-refractivity contribution >= 4 is 17.5 Å². The lowest BCUT2D eigenvalue weighted by Gasteiger charge is -2.11.